The van der Waals surface area contributed by atoms with Gasteiger partial charge in [-0.2, -0.15) is 0 Å². The summed E-state index contributed by atoms with van der Waals surface area (Å²) in [6, 6.07) is 6.39. The van der Waals surface area contributed by atoms with Crippen LogP contribution < -0.4 is 0 Å². The molecule has 3 unspecified atom stereocenters. The predicted molar refractivity (Wildman–Crippen MR) is 62.1 cm³/mol. The number of nitrogens with zero attached hydrogens (tertiary/aromatic N) is 1. The smallest absolute Gasteiger partial charge is 0.306 e. The zero-order valence-electron chi connectivity index (χ0n) is 9.93. The lowest BCUT2D eigenvalue weighted by molar-refractivity contribution is -0.139. The maximum absolute atomic E-state index is 13.2. The maximum atomic E-state index is 13.2. The number of halogens is 1. The Hall–Kier alpha value is -1.42. The molecule has 4 heteroatoms. The monoisotopic (exact) mass is 237 g/mol. The lowest BCUT2D eigenvalue weighted by Gasteiger charge is -2.25. The van der Waals surface area contributed by atoms with Crippen molar-refractivity contribution in [2.45, 2.75) is 12.5 Å². The molecule has 0 heterocycles. The molecule has 17 heavy (non-hydrogen) atoms. The van der Waals surface area contributed by atoms with Crippen LogP contribution in [0.15, 0.2) is 24.3 Å². The molecule has 1 saturated carbocycles. The number of carbonyl (C=O) groups is 1. The molecule has 0 saturated heterocycles. The van der Waals surface area contributed by atoms with Crippen molar-refractivity contribution in [3.63, 3.8) is 0 Å². The minimum atomic E-state index is -0.752. The summed E-state index contributed by atoms with van der Waals surface area (Å²) >= 11 is 0. The van der Waals surface area contributed by atoms with Gasteiger partial charge in [-0.3, -0.25) is 4.79 Å². The number of benzene rings is 1. The van der Waals surface area contributed by atoms with E-state index in [0.29, 0.717) is 6.42 Å². The molecule has 1 N–H and O–H groups in total. The van der Waals surface area contributed by atoms with Gasteiger partial charge < -0.3 is 10.0 Å². The van der Waals surface area contributed by atoms with Gasteiger partial charge in [0, 0.05) is 6.04 Å². The van der Waals surface area contributed by atoms with Crippen LogP contribution in [-0.4, -0.2) is 30.1 Å². The largest absolute Gasteiger partial charge is 0.481 e. The van der Waals surface area contributed by atoms with Gasteiger partial charge in [-0.1, -0.05) is 12.1 Å². The predicted octanol–water partition coefficient (Wildman–Crippen LogP) is 2.15. The number of carboxylic acids is 1. The fourth-order valence-corrected chi connectivity index (χ4v) is 2.47. The minimum absolute atomic E-state index is 0.0215. The molecule has 3 atom stereocenters. The third-order valence-electron chi connectivity index (χ3n) is 3.31. The van der Waals surface area contributed by atoms with Crippen molar-refractivity contribution < 1.29 is 14.3 Å². The van der Waals surface area contributed by atoms with Gasteiger partial charge in [-0.15, -0.1) is 0 Å². The second-order valence-electron chi connectivity index (χ2n) is 4.81. The number of aliphatic carboxylic acids is 1. The average molecular weight is 237 g/mol. The first-order valence-electron chi connectivity index (χ1n) is 5.65. The van der Waals surface area contributed by atoms with Crippen LogP contribution in [0.5, 0.6) is 0 Å². The average Bonchev–Trinajstić information content (AvgIpc) is 2.97. The van der Waals surface area contributed by atoms with Gasteiger partial charge in [-0.25, -0.2) is 4.39 Å². The second kappa shape index (κ2) is 4.45. The Morgan fingerprint density at radius 1 is 1.53 bits per heavy atom. The highest BCUT2D eigenvalue weighted by Crippen LogP contribution is 2.49. The topological polar surface area (TPSA) is 40.5 Å². The molecule has 0 radical (unpaired) electrons. The van der Waals surface area contributed by atoms with Gasteiger partial charge in [0.05, 0.1) is 5.92 Å². The van der Waals surface area contributed by atoms with Crippen molar-refractivity contribution in [2.75, 3.05) is 14.1 Å². The van der Waals surface area contributed by atoms with Crippen molar-refractivity contribution >= 4 is 5.97 Å². The van der Waals surface area contributed by atoms with E-state index in [4.69, 9.17) is 5.11 Å². The Morgan fingerprint density at radius 2 is 2.24 bits per heavy atom. The molecule has 0 amide bonds. The molecule has 0 bridgehead atoms. The van der Waals surface area contributed by atoms with E-state index in [1.807, 2.05) is 25.1 Å². The summed E-state index contributed by atoms with van der Waals surface area (Å²) < 4.78 is 13.2. The van der Waals surface area contributed by atoms with E-state index >= 15 is 0 Å². The van der Waals surface area contributed by atoms with E-state index in [-0.39, 0.29) is 23.7 Å². The van der Waals surface area contributed by atoms with Crippen LogP contribution in [0.3, 0.4) is 0 Å². The normalized spacial score (nSPS) is 24.7. The number of hydrogen-bond acceptors (Lipinski definition) is 2. The van der Waals surface area contributed by atoms with E-state index in [9.17, 15) is 9.18 Å². The SMILES string of the molecule is CN(C)C(c1cccc(F)c1)C1CC1C(=O)O. The number of hydrogen-bond donors (Lipinski definition) is 1. The zero-order valence-corrected chi connectivity index (χ0v) is 9.93. The molecular formula is C13H16FNO2. The zero-order chi connectivity index (χ0) is 12.6. The molecule has 0 aromatic heterocycles. The highest BCUT2D eigenvalue weighted by molar-refractivity contribution is 5.73. The lowest BCUT2D eigenvalue weighted by Crippen LogP contribution is -2.23. The summed E-state index contributed by atoms with van der Waals surface area (Å²) in [7, 11) is 3.79. The number of rotatable bonds is 4. The third-order valence-corrected chi connectivity index (χ3v) is 3.31. The molecule has 0 aliphatic heterocycles. The summed E-state index contributed by atoms with van der Waals surface area (Å²) in [5, 5.41) is 8.96. The highest BCUT2D eigenvalue weighted by atomic mass is 19.1. The van der Waals surface area contributed by atoms with E-state index in [1.54, 1.807) is 6.07 Å². The summed E-state index contributed by atoms with van der Waals surface area (Å²) in [6.45, 7) is 0. The molecule has 3 nitrogen and oxygen atoms in total. The summed E-state index contributed by atoms with van der Waals surface area (Å²) in [4.78, 5) is 12.9. The van der Waals surface area contributed by atoms with Crippen molar-refractivity contribution in [3.8, 4) is 0 Å². The molecule has 1 fully saturated rings. The number of carboxylic acid groups (broad SMARTS) is 1. The molecule has 1 aromatic rings. The molecule has 1 aliphatic rings. The van der Waals surface area contributed by atoms with Crippen molar-refractivity contribution in [2.24, 2.45) is 11.8 Å². The third kappa shape index (κ3) is 2.47. The Morgan fingerprint density at radius 3 is 2.71 bits per heavy atom. The highest BCUT2D eigenvalue weighted by Gasteiger charge is 2.49. The van der Waals surface area contributed by atoms with Crippen LogP contribution in [-0.2, 0) is 4.79 Å². The van der Waals surface area contributed by atoms with Crippen LogP contribution in [0.25, 0.3) is 0 Å². The van der Waals surface area contributed by atoms with Crippen LogP contribution in [0.2, 0.25) is 0 Å². The van der Waals surface area contributed by atoms with Crippen molar-refractivity contribution in [1.82, 2.24) is 4.90 Å². The molecule has 0 spiro atoms. The fourth-order valence-electron chi connectivity index (χ4n) is 2.47. The van der Waals surface area contributed by atoms with Gasteiger partial charge in [0.15, 0.2) is 0 Å². The molecule has 2 rings (SSSR count). The summed E-state index contributed by atoms with van der Waals surface area (Å²) in [5.41, 5.74) is 0.851. The van der Waals surface area contributed by atoms with E-state index in [0.717, 1.165) is 5.56 Å². The Kier molecular flexibility index (Phi) is 3.15. The Balaban J connectivity index is 2.22. The second-order valence-corrected chi connectivity index (χ2v) is 4.81. The Labute approximate surface area is 99.9 Å². The van der Waals surface area contributed by atoms with E-state index in [2.05, 4.69) is 0 Å². The molecular weight excluding hydrogens is 221 g/mol. The molecule has 1 aliphatic carbocycles. The van der Waals surface area contributed by atoms with E-state index < -0.39 is 5.97 Å². The summed E-state index contributed by atoms with van der Waals surface area (Å²) in [5.74, 6) is -1.23. The maximum Gasteiger partial charge on any atom is 0.306 e. The molecule has 92 valence electrons. The van der Waals surface area contributed by atoms with Crippen LogP contribution in [0, 0.1) is 17.7 Å². The van der Waals surface area contributed by atoms with E-state index in [1.165, 1.54) is 12.1 Å². The van der Waals surface area contributed by atoms with Gasteiger partial charge in [0.2, 0.25) is 0 Å². The first kappa shape index (κ1) is 12.0. The van der Waals surface area contributed by atoms with Gasteiger partial charge >= 0.3 is 5.97 Å². The van der Waals surface area contributed by atoms with Gasteiger partial charge in [0.25, 0.3) is 0 Å². The first-order valence-corrected chi connectivity index (χ1v) is 5.65. The minimum Gasteiger partial charge on any atom is -0.481 e. The van der Waals surface area contributed by atoms with Gasteiger partial charge in [-0.05, 0) is 44.1 Å². The summed E-state index contributed by atoms with van der Waals surface area (Å²) in [6.07, 6.45) is 0.675. The first-order chi connectivity index (χ1) is 8.00. The van der Waals surface area contributed by atoms with Gasteiger partial charge in [0.1, 0.15) is 5.82 Å². The van der Waals surface area contributed by atoms with Crippen LogP contribution in [0.1, 0.15) is 18.0 Å². The van der Waals surface area contributed by atoms with Crippen molar-refractivity contribution in [1.29, 1.82) is 0 Å². The van der Waals surface area contributed by atoms with Crippen LogP contribution in [0.4, 0.5) is 4.39 Å². The standard InChI is InChI=1S/C13H16FNO2/c1-15(2)12(10-7-11(10)13(16)17)8-4-3-5-9(14)6-8/h3-6,10-12H,7H2,1-2H3,(H,16,17). The molecule has 1 aromatic carbocycles. The fraction of sp³-hybridized carbons (Fsp3) is 0.462. The Bertz CT molecular complexity index is 433. The quantitative estimate of drug-likeness (QED) is 0.872. The van der Waals surface area contributed by atoms with Crippen LogP contribution >= 0.6 is 0 Å². The lowest BCUT2D eigenvalue weighted by atomic mass is 10.00. The van der Waals surface area contributed by atoms with Crippen molar-refractivity contribution in [3.05, 3.63) is 35.6 Å².